The zero-order valence-corrected chi connectivity index (χ0v) is 12.5. The van der Waals surface area contributed by atoms with Crippen molar-refractivity contribution in [2.45, 2.75) is 26.4 Å². The Morgan fingerprint density at radius 3 is 3.00 bits per heavy atom. The molecule has 2 aliphatic heterocycles. The second kappa shape index (κ2) is 4.93. The van der Waals surface area contributed by atoms with E-state index in [9.17, 15) is 0 Å². The van der Waals surface area contributed by atoms with Crippen LogP contribution in [0.5, 0.6) is 11.5 Å². The maximum atomic E-state index is 6.35. The van der Waals surface area contributed by atoms with Crippen LogP contribution in [-0.4, -0.2) is 28.2 Å². The molecule has 2 aromatic rings. The Morgan fingerprint density at radius 2 is 2.14 bits per heavy atom. The standard InChI is InChI=1S/C15H16ClN3O2/c1-9-17-12-2-3-19(7-13(12)18-9)6-10-4-14-15(5-11(10)16)21-8-20-14/h4-5H,2-3,6-8H2,1H3,(H,17,18). The molecule has 21 heavy (non-hydrogen) atoms. The van der Waals surface area contributed by atoms with Gasteiger partial charge >= 0.3 is 0 Å². The fraction of sp³-hybridized carbons (Fsp3) is 0.400. The summed E-state index contributed by atoms with van der Waals surface area (Å²) in [5.41, 5.74) is 3.48. The molecule has 0 spiro atoms. The third kappa shape index (κ3) is 2.36. The summed E-state index contributed by atoms with van der Waals surface area (Å²) in [7, 11) is 0. The first-order valence-electron chi connectivity index (χ1n) is 7.04. The summed E-state index contributed by atoms with van der Waals surface area (Å²) in [5.74, 6) is 2.50. The van der Waals surface area contributed by atoms with Gasteiger partial charge in [-0.3, -0.25) is 4.90 Å². The first-order valence-corrected chi connectivity index (χ1v) is 7.41. The van der Waals surface area contributed by atoms with Gasteiger partial charge in [-0.1, -0.05) is 11.6 Å². The average Bonchev–Trinajstić information content (AvgIpc) is 3.03. The summed E-state index contributed by atoms with van der Waals surface area (Å²) in [4.78, 5) is 10.2. The lowest BCUT2D eigenvalue weighted by Crippen LogP contribution is -2.30. The lowest BCUT2D eigenvalue weighted by molar-refractivity contribution is 0.174. The molecule has 1 N–H and O–H groups in total. The van der Waals surface area contributed by atoms with Crippen molar-refractivity contribution in [3.63, 3.8) is 0 Å². The van der Waals surface area contributed by atoms with Gasteiger partial charge in [-0.15, -0.1) is 0 Å². The molecule has 110 valence electrons. The molecule has 0 bridgehead atoms. The number of benzene rings is 1. The highest BCUT2D eigenvalue weighted by atomic mass is 35.5. The van der Waals surface area contributed by atoms with E-state index in [0.717, 1.165) is 54.0 Å². The number of aryl methyl sites for hydroxylation is 1. The molecule has 0 saturated heterocycles. The number of aromatic nitrogens is 2. The minimum absolute atomic E-state index is 0.273. The van der Waals surface area contributed by atoms with Crippen LogP contribution in [0.3, 0.4) is 0 Å². The van der Waals surface area contributed by atoms with E-state index >= 15 is 0 Å². The molecule has 0 atom stereocenters. The molecule has 0 fully saturated rings. The minimum atomic E-state index is 0.273. The topological polar surface area (TPSA) is 50.4 Å². The number of H-pyrrole nitrogens is 1. The van der Waals surface area contributed by atoms with E-state index in [2.05, 4.69) is 14.9 Å². The molecule has 6 heteroatoms. The molecule has 5 nitrogen and oxygen atoms in total. The normalized spacial score (nSPS) is 17.0. The molecule has 3 heterocycles. The number of nitrogens with zero attached hydrogens (tertiary/aromatic N) is 2. The molecule has 0 unspecified atom stereocenters. The van der Waals surface area contributed by atoms with Crippen molar-refractivity contribution in [1.82, 2.24) is 14.9 Å². The highest BCUT2D eigenvalue weighted by molar-refractivity contribution is 6.31. The maximum Gasteiger partial charge on any atom is 0.231 e. The quantitative estimate of drug-likeness (QED) is 0.927. The zero-order valence-electron chi connectivity index (χ0n) is 11.8. The molecular formula is C15H16ClN3O2. The summed E-state index contributed by atoms with van der Waals surface area (Å²) < 4.78 is 10.8. The monoisotopic (exact) mass is 305 g/mol. The van der Waals surface area contributed by atoms with Crippen molar-refractivity contribution in [3.8, 4) is 11.5 Å². The van der Waals surface area contributed by atoms with Crippen LogP contribution < -0.4 is 9.47 Å². The lowest BCUT2D eigenvalue weighted by atomic mass is 10.1. The van der Waals surface area contributed by atoms with Gasteiger partial charge in [0.05, 0.1) is 11.4 Å². The Kier molecular flexibility index (Phi) is 3.05. The number of hydrogen-bond acceptors (Lipinski definition) is 4. The molecule has 1 aromatic carbocycles. The first kappa shape index (κ1) is 13.0. The van der Waals surface area contributed by atoms with E-state index in [1.807, 2.05) is 19.1 Å². The van der Waals surface area contributed by atoms with Crippen molar-refractivity contribution in [2.75, 3.05) is 13.3 Å². The minimum Gasteiger partial charge on any atom is -0.454 e. The fourth-order valence-electron chi connectivity index (χ4n) is 2.95. The Bertz CT molecular complexity index is 698. The Labute approximate surface area is 127 Å². The van der Waals surface area contributed by atoms with Gasteiger partial charge in [0.25, 0.3) is 0 Å². The van der Waals surface area contributed by atoms with Crippen LogP contribution in [0, 0.1) is 6.92 Å². The van der Waals surface area contributed by atoms with Gasteiger partial charge < -0.3 is 14.5 Å². The average molecular weight is 306 g/mol. The molecule has 1 aromatic heterocycles. The van der Waals surface area contributed by atoms with Crippen molar-refractivity contribution in [3.05, 3.63) is 39.9 Å². The van der Waals surface area contributed by atoms with Crippen molar-refractivity contribution in [1.29, 1.82) is 0 Å². The Hall–Kier alpha value is -1.72. The van der Waals surface area contributed by atoms with Gasteiger partial charge in [0, 0.05) is 37.1 Å². The largest absolute Gasteiger partial charge is 0.454 e. The molecule has 0 aliphatic carbocycles. The summed E-state index contributed by atoms with van der Waals surface area (Å²) >= 11 is 6.35. The Morgan fingerprint density at radius 1 is 1.33 bits per heavy atom. The number of halogens is 1. The van der Waals surface area contributed by atoms with Crippen LogP contribution >= 0.6 is 11.6 Å². The number of rotatable bonds is 2. The second-order valence-corrected chi connectivity index (χ2v) is 5.91. The molecule has 2 aliphatic rings. The Balaban J connectivity index is 1.55. The van der Waals surface area contributed by atoms with E-state index in [0.29, 0.717) is 0 Å². The van der Waals surface area contributed by atoms with E-state index < -0.39 is 0 Å². The van der Waals surface area contributed by atoms with Gasteiger partial charge in [-0.2, -0.15) is 0 Å². The number of nitrogens with one attached hydrogen (secondary N) is 1. The SMILES string of the molecule is Cc1nc2c([nH]1)CN(Cc1cc3c(cc1Cl)OCO3)CC2. The smallest absolute Gasteiger partial charge is 0.231 e. The van der Waals surface area contributed by atoms with Gasteiger partial charge in [0.1, 0.15) is 5.82 Å². The van der Waals surface area contributed by atoms with Crippen LogP contribution in [0.2, 0.25) is 5.02 Å². The summed E-state index contributed by atoms with van der Waals surface area (Å²) in [6, 6.07) is 3.83. The molecule has 4 rings (SSSR count). The second-order valence-electron chi connectivity index (χ2n) is 5.50. The summed E-state index contributed by atoms with van der Waals surface area (Å²) in [6.45, 7) is 4.93. The van der Waals surface area contributed by atoms with Crippen LogP contribution in [0.15, 0.2) is 12.1 Å². The predicted octanol–water partition coefficient (Wildman–Crippen LogP) is 2.66. The van der Waals surface area contributed by atoms with Crippen molar-refractivity contribution < 1.29 is 9.47 Å². The highest BCUT2D eigenvalue weighted by Gasteiger charge is 2.22. The van der Waals surface area contributed by atoms with Gasteiger partial charge in [-0.05, 0) is 18.6 Å². The van der Waals surface area contributed by atoms with Crippen molar-refractivity contribution in [2.24, 2.45) is 0 Å². The first-order chi connectivity index (χ1) is 10.2. The molecule has 0 saturated carbocycles. The zero-order chi connectivity index (χ0) is 14.4. The lowest BCUT2D eigenvalue weighted by Gasteiger charge is -2.26. The van der Waals surface area contributed by atoms with Crippen LogP contribution in [-0.2, 0) is 19.5 Å². The number of imidazole rings is 1. The molecule has 0 radical (unpaired) electrons. The van der Waals surface area contributed by atoms with E-state index in [1.54, 1.807) is 0 Å². The van der Waals surface area contributed by atoms with Crippen LogP contribution in [0.4, 0.5) is 0 Å². The van der Waals surface area contributed by atoms with E-state index in [4.69, 9.17) is 21.1 Å². The number of fused-ring (bicyclic) bond motifs is 2. The van der Waals surface area contributed by atoms with E-state index in [-0.39, 0.29) is 6.79 Å². The summed E-state index contributed by atoms with van der Waals surface area (Å²) in [5, 5.41) is 0.728. The summed E-state index contributed by atoms with van der Waals surface area (Å²) in [6.07, 6.45) is 0.974. The van der Waals surface area contributed by atoms with Gasteiger partial charge in [0.15, 0.2) is 11.5 Å². The molecule has 0 amide bonds. The highest BCUT2D eigenvalue weighted by Crippen LogP contribution is 2.37. The number of hydrogen-bond donors (Lipinski definition) is 1. The van der Waals surface area contributed by atoms with E-state index in [1.165, 1.54) is 11.4 Å². The predicted molar refractivity (Wildman–Crippen MR) is 78.7 cm³/mol. The van der Waals surface area contributed by atoms with Crippen LogP contribution in [0.25, 0.3) is 0 Å². The third-order valence-electron chi connectivity index (χ3n) is 3.96. The third-order valence-corrected chi connectivity index (χ3v) is 4.32. The number of ether oxygens (including phenoxy) is 2. The van der Waals surface area contributed by atoms with Crippen LogP contribution in [0.1, 0.15) is 22.8 Å². The molecular weight excluding hydrogens is 290 g/mol. The van der Waals surface area contributed by atoms with Gasteiger partial charge in [-0.25, -0.2) is 4.98 Å². The number of aromatic amines is 1. The van der Waals surface area contributed by atoms with Gasteiger partial charge in [0.2, 0.25) is 6.79 Å². The maximum absolute atomic E-state index is 6.35. The van der Waals surface area contributed by atoms with Crippen molar-refractivity contribution >= 4 is 11.6 Å². The fourth-order valence-corrected chi connectivity index (χ4v) is 3.16.